The molecule has 0 unspecified atom stereocenters. The number of phenolic OH excluding ortho intramolecular Hbond substituents is 1. The smallest absolute Gasteiger partial charge is 0.333 e. The lowest BCUT2D eigenvalue weighted by Gasteiger charge is -2.09. The molecule has 0 spiro atoms. The minimum Gasteiger partial charge on any atom is -0.507 e. The molecular weight excluding hydrogens is 462 g/mol. The monoisotopic (exact) mass is 487 g/mol. The van der Waals surface area contributed by atoms with E-state index < -0.39 is 5.97 Å². The summed E-state index contributed by atoms with van der Waals surface area (Å²) < 4.78 is 10.2. The molecule has 3 aromatic carbocycles. The molecule has 0 aromatic heterocycles. The summed E-state index contributed by atoms with van der Waals surface area (Å²) in [6, 6.07) is 17.6. The van der Waals surface area contributed by atoms with Crippen LogP contribution in [0.1, 0.15) is 33.2 Å². The molecule has 0 radical (unpaired) electrons. The summed E-state index contributed by atoms with van der Waals surface area (Å²) in [7, 11) is 1.42. The SMILES string of the molecule is C=C(C)C(=O)OCCNC(=O)c1ccc(/N=N/c2cc(C(=O)c3ccccc3)c(O)cc2OC)cc1. The molecule has 0 aliphatic carbocycles. The van der Waals surface area contributed by atoms with Gasteiger partial charge in [0.25, 0.3) is 5.91 Å². The van der Waals surface area contributed by atoms with Crippen molar-refractivity contribution in [3.05, 3.63) is 95.6 Å². The van der Waals surface area contributed by atoms with Gasteiger partial charge in [-0.25, -0.2) is 4.79 Å². The number of methoxy groups -OCH3 is 1. The van der Waals surface area contributed by atoms with Crippen LogP contribution in [0.15, 0.2) is 89.1 Å². The lowest BCUT2D eigenvalue weighted by atomic mass is 10.0. The highest BCUT2D eigenvalue weighted by molar-refractivity contribution is 6.11. The number of nitrogens with zero attached hydrogens (tertiary/aromatic N) is 2. The summed E-state index contributed by atoms with van der Waals surface area (Å²) in [5.74, 6) is -1.21. The van der Waals surface area contributed by atoms with E-state index in [0.717, 1.165) is 0 Å². The molecule has 0 atom stereocenters. The Bertz CT molecular complexity index is 1300. The number of ketones is 1. The molecule has 0 saturated heterocycles. The Morgan fingerprint density at radius 2 is 1.67 bits per heavy atom. The first kappa shape index (κ1) is 25.8. The normalized spacial score (nSPS) is 10.6. The first-order valence-corrected chi connectivity index (χ1v) is 10.9. The summed E-state index contributed by atoms with van der Waals surface area (Å²) in [6.45, 7) is 5.22. The van der Waals surface area contributed by atoms with Gasteiger partial charge in [-0.05, 0) is 37.3 Å². The molecule has 36 heavy (non-hydrogen) atoms. The van der Waals surface area contributed by atoms with E-state index in [1.165, 1.54) is 19.2 Å². The van der Waals surface area contributed by atoms with Crippen molar-refractivity contribution in [2.75, 3.05) is 20.3 Å². The van der Waals surface area contributed by atoms with E-state index in [1.807, 2.05) is 0 Å². The number of aromatic hydroxyl groups is 1. The van der Waals surface area contributed by atoms with Crippen molar-refractivity contribution in [1.82, 2.24) is 5.32 Å². The zero-order valence-corrected chi connectivity index (χ0v) is 19.9. The number of hydrogen-bond acceptors (Lipinski definition) is 8. The lowest BCUT2D eigenvalue weighted by molar-refractivity contribution is -0.138. The minimum atomic E-state index is -0.513. The van der Waals surface area contributed by atoms with Crippen LogP contribution in [0.2, 0.25) is 0 Å². The van der Waals surface area contributed by atoms with Crippen molar-refractivity contribution in [2.45, 2.75) is 6.92 Å². The van der Waals surface area contributed by atoms with Crippen LogP contribution in [0, 0.1) is 0 Å². The summed E-state index contributed by atoms with van der Waals surface area (Å²) >= 11 is 0. The maximum absolute atomic E-state index is 12.8. The molecule has 0 aliphatic rings. The fourth-order valence-corrected chi connectivity index (χ4v) is 3.05. The van der Waals surface area contributed by atoms with Crippen LogP contribution in [0.5, 0.6) is 11.5 Å². The maximum atomic E-state index is 12.8. The highest BCUT2D eigenvalue weighted by Crippen LogP contribution is 2.36. The Balaban J connectivity index is 1.69. The van der Waals surface area contributed by atoms with Crippen molar-refractivity contribution in [2.24, 2.45) is 10.2 Å². The molecule has 0 fully saturated rings. The van der Waals surface area contributed by atoms with E-state index in [4.69, 9.17) is 9.47 Å². The number of rotatable bonds is 10. The second-order valence-corrected chi connectivity index (χ2v) is 7.66. The summed E-state index contributed by atoms with van der Waals surface area (Å²) in [5.41, 5.74) is 1.86. The topological polar surface area (TPSA) is 127 Å². The number of carbonyl (C=O) groups excluding carboxylic acids is 3. The summed E-state index contributed by atoms with van der Waals surface area (Å²) in [6.07, 6.45) is 0. The van der Waals surface area contributed by atoms with E-state index in [9.17, 15) is 19.5 Å². The molecule has 0 bridgehead atoms. The largest absolute Gasteiger partial charge is 0.507 e. The first-order valence-electron chi connectivity index (χ1n) is 10.9. The van der Waals surface area contributed by atoms with Crippen LogP contribution in [-0.2, 0) is 9.53 Å². The molecule has 3 rings (SSSR count). The number of benzene rings is 3. The predicted octanol–water partition coefficient (Wildman–Crippen LogP) is 4.90. The van der Waals surface area contributed by atoms with Gasteiger partial charge in [-0.3, -0.25) is 9.59 Å². The maximum Gasteiger partial charge on any atom is 0.333 e. The Morgan fingerprint density at radius 3 is 2.31 bits per heavy atom. The molecule has 9 heteroatoms. The van der Waals surface area contributed by atoms with Gasteiger partial charge in [0, 0.05) is 22.8 Å². The highest BCUT2D eigenvalue weighted by atomic mass is 16.5. The highest BCUT2D eigenvalue weighted by Gasteiger charge is 2.17. The van der Waals surface area contributed by atoms with Crippen molar-refractivity contribution < 1.29 is 29.0 Å². The van der Waals surface area contributed by atoms with Gasteiger partial charge in [-0.1, -0.05) is 36.9 Å². The van der Waals surface area contributed by atoms with Gasteiger partial charge in [0.2, 0.25) is 0 Å². The van der Waals surface area contributed by atoms with Gasteiger partial charge < -0.3 is 19.9 Å². The second-order valence-electron chi connectivity index (χ2n) is 7.66. The van der Waals surface area contributed by atoms with Gasteiger partial charge in [0.05, 0.1) is 24.9 Å². The Morgan fingerprint density at radius 1 is 0.972 bits per heavy atom. The number of phenols is 1. The minimum absolute atomic E-state index is 0.0347. The van der Waals surface area contributed by atoms with Crippen LogP contribution in [0.25, 0.3) is 0 Å². The number of amides is 1. The number of azo groups is 1. The van der Waals surface area contributed by atoms with Crippen molar-refractivity contribution in [1.29, 1.82) is 0 Å². The van der Waals surface area contributed by atoms with Gasteiger partial charge in [-0.2, -0.15) is 5.11 Å². The van der Waals surface area contributed by atoms with Crippen LogP contribution < -0.4 is 10.1 Å². The Hall–Kier alpha value is -4.79. The third-order valence-corrected chi connectivity index (χ3v) is 4.95. The number of ether oxygens (including phenoxy) is 2. The number of nitrogens with one attached hydrogen (secondary N) is 1. The molecule has 2 N–H and O–H groups in total. The average molecular weight is 488 g/mol. The molecule has 0 saturated carbocycles. The van der Waals surface area contributed by atoms with Crippen LogP contribution in [0.3, 0.4) is 0 Å². The zero-order valence-electron chi connectivity index (χ0n) is 19.9. The number of carbonyl (C=O) groups is 3. The van der Waals surface area contributed by atoms with Gasteiger partial charge in [0.1, 0.15) is 23.8 Å². The molecule has 1 amide bonds. The first-order chi connectivity index (χ1) is 17.3. The molecule has 9 nitrogen and oxygen atoms in total. The fraction of sp³-hybridized carbons (Fsp3) is 0.148. The van der Waals surface area contributed by atoms with Gasteiger partial charge in [-0.15, -0.1) is 5.11 Å². The van der Waals surface area contributed by atoms with E-state index in [-0.39, 0.29) is 53.2 Å². The lowest BCUT2D eigenvalue weighted by Crippen LogP contribution is -2.28. The van der Waals surface area contributed by atoms with Crippen LogP contribution in [-0.4, -0.2) is 43.0 Å². The average Bonchev–Trinajstić information content (AvgIpc) is 2.90. The van der Waals surface area contributed by atoms with E-state index in [0.29, 0.717) is 16.8 Å². The van der Waals surface area contributed by atoms with E-state index >= 15 is 0 Å². The third-order valence-electron chi connectivity index (χ3n) is 4.95. The molecule has 0 heterocycles. The van der Waals surface area contributed by atoms with Crippen LogP contribution >= 0.6 is 0 Å². The molecule has 3 aromatic rings. The zero-order chi connectivity index (χ0) is 26.1. The Kier molecular flexibility index (Phi) is 8.66. The van der Waals surface area contributed by atoms with Crippen molar-refractivity contribution >= 4 is 29.0 Å². The molecule has 184 valence electrons. The van der Waals surface area contributed by atoms with E-state index in [2.05, 4.69) is 22.1 Å². The number of hydrogen-bond donors (Lipinski definition) is 2. The summed E-state index contributed by atoms with van der Waals surface area (Å²) in [4.78, 5) is 36.4. The third kappa shape index (κ3) is 6.63. The fourth-order valence-electron chi connectivity index (χ4n) is 3.05. The van der Waals surface area contributed by atoms with Gasteiger partial charge >= 0.3 is 5.97 Å². The molecular formula is C27H25N3O6. The predicted molar refractivity (Wildman–Crippen MR) is 133 cm³/mol. The standard InChI is InChI=1S/C27H25N3O6/c1-17(2)27(34)36-14-13-28-26(33)19-9-11-20(12-10-19)29-30-22-15-21(23(31)16-24(22)35-3)25(32)18-7-5-4-6-8-18/h4-12,15-16,31H,1,13-14H2,2-3H3,(H,28,33)/b30-29+. The van der Waals surface area contributed by atoms with Crippen molar-refractivity contribution in [3.8, 4) is 11.5 Å². The van der Waals surface area contributed by atoms with Gasteiger partial charge in [0.15, 0.2) is 5.78 Å². The quantitative estimate of drug-likeness (QED) is 0.138. The molecule has 0 aliphatic heterocycles. The number of esters is 1. The van der Waals surface area contributed by atoms with E-state index in [1.54, 1.807) is 61.5 Å². The summed E-state index contributed by atoms with van der Waals surface area (Å²) in [5, 5.41) is 21.3. The van der Waals surface area contributed by atoms with Crippen LogP contribution in [0.4, 0.5) is 11.4 Å². The Labute approximate surface area is 208 Å². The second kappa shape index (κ2) is 12.1. The van der Waals surface area contributed by atoms with Crippen molar-refractivity contribution in [3.63, 3.8) is 0 Å².